The minimum Gasteiger partial charge on any atom is -0.435 e. The summed E-state index contributed by atoms with van der Waals surface area (Å²) in [4.78, 5) is 29.1. The Morgan fingerprint density at radius 1 is 1.50 bits per heavy atom. The highest BCUT2D eigenvalue weighted by molar-refractivity contribution is 6.06. The van der Waals surface area contributed by atoms with Crippen LogP contribution in [0.1, 0.15) is 30.1 Å². The number of ether oxygens (including phenoxy) is 1. The summed E-state index contributed by atoms with van der Waals surface area (Å²) < 4.78 is 5.32. The van der Waals surface area contributed by atoms with Gasteiger partial charge in [0.05, 0.1) is 0 Å². The maximum Gasteiger partial charge on any atom is 0.344 e. The first-order chi connectivity index (χ1) is 7.62. The van der Waals surface area contributed by atoms with Gasteiger partial charge in [-0.3, -0.25) is 9.69 Å². The molecule has 1 atom stereocenters. The molecule has 3 heterocycles. The molecule has 2 aliphatic rings. The van der Waals surface area contributed by atoms with Crippen LogP contribution < -0.4 is 4.90 Å². The van der Waals surface area contributed by atoms with Crippen molar-refractivity contribution in [2.75, 3.05) is 4.90 Å². The van der Waals surface area contributed by atoms with Crippen LogP contribution in [0.2, 0.25) is 0 Å². The Morgan fingerprint density at radius 3 is 3.12 bits per heavy atom. The molecule has 0 N–H and O–H groups in total. The monoisotopic (exact) mass is 218 g/mol. The first-order valence-corrected chi connectivity index (χ1v) is 5.13. The lowest BCUT2D eigenvalue weighted by atomic mass is 10.1. The summed E-state index contributed by atoms with van der Waals surface area (Å²) in [7, 11) is 0. The summed E-state index contributed by atoms with van der Waals surface area (Å²) in [6.07, 6.45) is 2.48. The van der Waals surface area contributed by atoms with Crippen molar-refractivity contribution in [1.29, 1.82) is 0 Å². The van der Waals surface area contributed by atoms with Gasteiger partial charge in [0.2, 0.25) is 5.91 Å². The Balaban J connectivity index is 2.23. The van der Waals surface area contributed by atoms with E-state index in [0.29, 0.717) is 24.2 Å². The zero-order valence-corrected chi connectivity index (χ0v) is 8.77. The number of pyridine rings is 1. The van der Waals surface area contributed by atoms with Gasteiger partial charge in [-0.1, -0.05) is 0 Å². The van der Waals surface area contributed by atoms with Crippen LogP contribution in [0, 0.1) is 0 Å². The Labute approximate surface area is 92.0 Å². The summed E-state index contributed by atoms with van der Waals surface area (Å²) in [5.41, 5.74) is -0.495. The van der Waals surface area contributed by atoms with E-state index in [0.717, 1.165) is 0 Å². The number of anilines is 1. The molecule has 1 fully saturated rings. The van der Waals surface area contributed by atoms with Crippen LogP contribution in [0.3, 0.4) is 0 Å². The minimum absolute atomic E-state index is 0.0463. The summed E-state index contributed by atoms with van der Waals surface area (Å²) in [6.45, 7) is 1.74. The lowest BCUT2D eigenvalue weighted by molar-refractivity contribution is -0.118. The first kappa shape index (κ1) is 9.33. The number of nitrogens with zero attached hydrogens (tertiary/aromatic N) is 2. The van der Waals surface area contributed by atoms with Crippen LogP contribution in [0.4, 0.5) is 5.82 Å². The second kappa shape index (κ2) is 2.81. The van der Waals surface area contributed by atoms with E-state index < -0.39 is 11.7 Å². The standard InChI is InChI=1S/C11H10N2O3/c1-11-5-4-8(14)13(11)9-7(10(15)16-11)3-2-6-12-9/h2-3,6H,4-5H2,1H3. The number of hydrogen-bond acceptors (Lipinski definition) is 4. The molecular formula is C11H10N2O3. The van der Waals surface area contributed by atoms with Gasteiger partial charge < -0.3 is 4.74 Å². The zero-order chi connectivity index (χ0) is 11.3. The normalized spacial score (nSPS) is 27.4. The van der Waals surface area contributed by atoms with Gasteiger partial charge in [-0.25, -0.2) is 9.78 Å². The van der Waals surface area contributed by atoms with E-state index in [2.05, 4.69) is 4.98 Å². The molecule has 0 spiro atoms. The van der Waals surface area contributed by atoms with Crippen molar-refractivity contribution in [3.05, 3.63) is 23.9 Å². The van der Waals surface area contributed by atoms with E-state index in [9.17, 15) is 9.59 Å². The quantitative estimate of drug-likeness (QED) is 0.612. The van der Waals surface area contributed by atoms with Crippen molar-refractivity contribution in [1.82, 2.24) is 4.98 Å². The molecule has 0 aliphatic carbocycles. The number of esters is 1. The van der Waals surface area contributed by atoms with Gasteiger partial charge in [0, 0.05) is 19.0 Å². The van der Waals surface area contributed by atoms with E-state index in [4.69, 9.17) is 4.74 Å². The minimum atomic E-state index is -0.852. The van der Waals surface area contributed by atoms with Gasteiger partial charge >= 0.3 is 5.97 Å². The SMILES string of the molecule is CC12CCC(=O)N1c1ncccc1C(=O)O2. The van der Waals surface area contributed by atoms with Gasteiger partial charge in [-0.15, -0.1) is 0 Å². The fourth-order valence-electron chi connectivity index (χ4n) is 2.25. The number of aromatic nitrogens is 1. The van der Waals surface area contributed by atoms with E-state index >= 15 is 0 Å². The number of carbonyl (C=O) groups is 2. The molecule has 3 rings (SSSR count). The number of hydrogen-bond donors (Lipinski definition) is 0. The smallest absolute Gasteiger partial charge is 0.344 e. The Bertz CT molecular complexity index is 500. The van der Waals surface area contributed by atoms with Gasteiger partial charge in [0.15, 0.2) is 11.5 Å². The summed E-state index contributed by atoms with van der Waals surface area (Å²) in [5, 5.41) is 0. The average molecular weight is 218 g/mol. The molecule has 1 aromatic heterocycles. The van der Waals surface area contributed by atoms with Crippen LogP contribution in [0.25, 0.3) is 0 Å². The van der Waals surface area contributed by atoms with Crippen molar-refractivity contribution in [2.24, 2.45) is 0 Å². The molecule has 1 saturated heterocycles. The van der Waals surface area contributed by atoms with Gasteiger partial charge in [-0.05, 0) is 19.1 Å². The lowest BCUT2D eigenvalue weighted by Gasteiger charge is -2.38. The number of fused-ring (bicyclic) bond motifs is 3. The molecule has 82 valence electrons. The van der Waals surface area contributed by atoms with Crippen LogP contribution in [0.15, 0.2) is 18.3 Å². The fourth-order valence-corrected chi connectivity index (χ4v) is 2.25. The summed E-state index contributed by atoms with van der Waals surface area (Å²) >= 11 is 0. The largest absolute Gasteiger partial charge is 0.435 e. The lowest BCUT2D eigenvalue weighted by Crippen LogP contribution is -2.51. The van der Waals surface area contributed by atoms with Gasteiger partial charge in [0.25, 0.3) is 0 Å². The van der Waals surface area contributed by atoms with Crippen molar-refractivity contribution < 1.29 is 14.3 Å². The third-order valence-corrected chi connectivity index (χ3v) is 3.06. The molecule has 0 bridgehead atoms. The van der Waals surface area contributed by atoms with Crippen LogP contribution in [-0.4, -0.2) is 22.6 Å². The van der Waals surface area contributed by atoms with Gasteiger partial charge in [-0.2, -0.15) is 0 Å². The third-order valence-electron chi connectivity index (χ3n) is 3.06. The van der Waals surface area contributed by atoms with Crippen LogP contribution in [0.5, 0.6) is 0 Å². The molecule has 2 aliphatic heterocycles. The molecule has 16 heavy (non-hydrogen) atoms. The van der Waals surface area contributed by atoms with Crippen molar-refractivity contribution in [2.45, 2.75) is 25.5 Å². The molecule has 0 aromatic carbocycles. The molecule has 1 amide bonds. The Kier molecular flexibility index (Phi) is 1.64. The maximum absolute atomic E-state index is 11.8. The second-order valence-electron chi connectivity index (χ2n) is 4.17. The van der Waals surface area contributed by atoms with Crippen molar-refractivity contribution >= 4 is 17.7 Å². The highest BCUT2D eigenvalue weighted by Gasteiger charge is 2.50. The molecule has 1 aromatic rings. The topological polar surface area (TPSA) is 59.5 Å². The van der Waals surface area contributed by atoms with Crippen molar-refractivity contribution in [3.63, 3.8) is 0 Å². The molecule has 0 radical (unpaired) electrons. The van der Waals surface area contributed by atoms with Gasteiger partial charge in [0.1, 0.15) is 5.56 Å². The molecular weight excluding hydrogens is 208 g/mol. The van der Waals surface area contributed by atoms with Crippen LogP contribution in [-0.2, 0) is 9.53 Å². The first-order valence-electron chi connectivity index (χ1n) is 5.13. The third kappa shape index (κ3) is 1.02. The number of carbonyl (C=O) groups excluding carboxylic acids is 2. The predicted octanol–water partition coefficient (Wildman–Crippen LogP) is 1.09. The molecule has 0 saturated carbocycles. The predicted molar refractivity (Wildman–Crippen MR) is 54.8 cm³/mol. The van der Waals surface area contributed by atoms with Crippen LogP contribution >= 0.6 is 0 Å². The number of amides is 1. The Hall–Kier alpha value is -1.91. The highest BCUT2D eigenvalue weighted by atomic mass is 16.6. The molecule has 5 heteroatoms. The fraction of sp³-hybridized carbons (Fsp3) is 0.364. The maximum atomic E-state index is 11.8. The summed E-state index contributed by atoms with van der Waals surface area (Å²) in [5.74, 6) is -0.0322. The molecule has 5 nitrogen and oxygen atoms in total. The van der Waals surface area contributed by atoms with E-state index in [-0.39, 0.29) is 5.91 Å². The molecule has 1 unspecified atom stereocenters. The van der Waals surface area contributed by atoms with E-state index in [1.54, 1.807) is 25.3 Å². The van der Waals surface area contributed by atoms with E-state index in [1.165, 1.54) is 4.90 Å². The highest BCUT2D eigenvalue weighted by Crippen LogP contribution is 2.40. The van der Waals surface area contributed by atoms with E-state index in [1.807, 2.05) is 0 Å². The second-order valence-corrected chi connectivity index (χ2v) is 4.17. The zero-order valence-electron chi connectivity index (χ0n) is 8.77. The number of rotatable bonds is 0. The van der Waals surface area contributed by atoms with Crippen molar-refractivity contribution in [3.8, 4) is 0 Å². The Morgan fingerprint density at radius 2 is 2.31 bits per heavy atom. The summed E-state index contributed by atoms with van der Waals surface area (Å²) in [6, 6.07) is 3.28. The average Bonchev–Trinajstić information content (AvgIpc) is 2.55.